The van der Waals surface area contributed by atoms with Crippen LogP contribution >= 0.6 is 0 Å². The van der Waals surface area contributed by atoms with Gasteiger partial charge in [0.05, 0.1) is 0 Å². The normalized spacial score (nSPS) is 31.3. The zero-order valence-electron chi connectivity index (χ0n) is 19.7. The third-order valence-corrected chi connectivity index (χ3v) is 9.88. The van der Waals surface area contributed by atoms with Gasteiger partial charge >= 0.3 is 0 Å². The molecule has 3 aliphatic carbocycles. The number of rotatable bonds is 1. The molecular weight excluding hydrogens is 438 g/mol. The monoisotopic (exact) mass is 465 g/mol. The van der Waals surface area contributed by atoms with Gasteiger partial charge in [-0.25, -0.2) is 0 Å². The highest BCUT2D eigenvalue weighted by molar-refractivity contribution is 5.94. The first-order chi connectivity index (χ1) is 16.9. The van der Waals surface area contributed by atoms with Crippen molar-refractivity contribution in [3.63, 3.8) is 0 Å². The van der Waals surface area contributed by atoms with Crippen LogP contribution in [0.1, 0.15) is 50.3 Å². The number of fused-ring (bicyclic) bond motifs is 4. The summed E-state index contributed by atoms with van der Waals surface area (Å²) in [6, 6.07) is 16.4. The Kier molecular flexibility index (Phi) is 3.54. The average molecular weight is 466 g/mol. The Hall–Kier alpha value is -3.38. The van der Waals surface area contributed by atoms with E-state index in [0.717, 1.165) is 48.2 Å². The van der Waals surface area contributed by atoms with Crippen LogP contribution in [0, 0.1) is 5.92 Å². The summed E-state index contributed by atoms with van der Waals surface area (Å²) in [4.78, 5) is 34.0. The fourth-order valence-corrected chi connectivity index (χ4v) is 8.71. The van der Waals surface area contributed by atoms with Gasteiger partial charge in [-0.2, -0.15) is 0 Å². The van der Waals surface area contributed by atoms with E-state index in [1.54, 1.807) is 4.90 Å². The van der Waals surface area contributed by atoms with Gasteiger partial charge in [0.25, 0.3) is 11.5 Å². The van der Waals surface area contributed by atoms with E-state index < -0.39 is 0 Å². The molecule has 2 aromatic carbocycles. The van der Waals surface area contributed by atoms with Crippen LogP contribution in [0.2, 0.25) is 0 Å². The van der Waals surface area contributed by atoms with Crippen LogP contribution in [0.3, 0.4) is 0 Å². The van der Waals surface area contributed by atoms with Crippen LogP contribution in [0.25, 0.3) is 0 Å². The molecule has 2 fully saturated rings. The van der Waals surface area contributed by atoms with Crippen molar-refractivity contribution in [3.05, 3.63) is 98.0 Å². The number of benzene rings is 2. The summed E-state index contributed by atoms with van der Waals surface area (Å²) >= 11 is 0. The molecule has 3 aromatic rings. The number of carbonyl (C=O) groups is 1. The third kappa shape index (κ3) is 2.29. The SMILES string of the molecule is CN1CC23C[C@@]4(Cc5[nH]c(=O)c(C(=O)N6Cc7ccccc7C6)cc5C[C@H]4[C@H]12)c1cc(O)ccc13. The number of phenols is 1. The number of hydrogen-bond acceptors (Lipinski definition) is 4. The number of likely N-dealkylation sites (tertiary alicyclic amines) is 1. The molecule has 176 valence electrons. The number of aromatic hydroxyl groups is 1. The van der Waals surface area contributed by atoms with Gasteiger partial charge in [0, 0.05) is 42.2 Å². The molecule has 1 saturated heterocycles. The molecule has 2 bridgehead atoms. The molecule has 6 nitrogen and oxygen atoms in total. The number of likely N-dealkylation sites (N-methyl/N-ethyl adjacent to an activating group) is 1. The van der Waals surface area contributed by atoms with Crippen molar-refractivity contribution in [1.82, 2.24) is 14.8 Å². The molecule has 2 aliphatic heterocycles. The van der Waals surface area contributed by atoms with Crippen LogP contribution in [0.4, 0.5) is 0 Å². The van der Waals surface area contributed by atoms with Crippen molar-refractivity contribution in [2.45, 2.75) is 49.2 Å². The number of amides is 1. The molecule has 8 rings (SSSR count). The molecule has 1 saturated carbocycles. The number of carbonyl (C=O) groups excluding carboxylic acids is 1. The minimum atomic E-state index is -0.290. The van der Waals surface area contributed by atoms with E-state index in [2.05, 4.69) is 35.1 Å². The van der Waals surface area contributed by atoms with E-state index in [0.29, 0.717) is 30.8 Å². The molecule has 6 heteroatoms. The van der Waals surface area contributed by atoms with Crippen molar-refractivity contribution >= 4 is 5.91 Å². The minimum absolute atomic E-state index is 0.0679. The summed E-state index contributed by atoms with van der Waals surface area (Å²) < 4.78 is 0. The Morgan fingerprint density at radius 1 is 1.03 bits per heavy atom. The summed E-state index contributed by atoms with van der Waals surface area (Å²) in [5.74, 6) is 0.538. The molecule has 5 aliphatic rings. The first kappa shape index (κ1) is 19.9. The van der Waals surface area contributed by atoms with Crippen molar-refractivity contribution in [2.24, 2.45) is 5.92 Å². The Balaban J connectivity index is 1.19. The molecule has 2 N–H and O–H groups in total. The first-order valence-electron chi connectivity index (χ1n) is 12.5. The predicted octanol–water partition coefficient (Wildman–Crippen LogP) is 2.86. The summed E-state index contributed by atoms with van der Waals surface area (Å²) in [5.41, 5.74) is 7.07. The molecule has 1 amide bonds. The quantitative estimate of drug-likeness (QED) is 0.580. The third-order valence-electron chi connectivity index (χ3n) is 9.88. The first-order valence-corrected chi connectivity index (χ1v) is 12.5. The van der Waals surface area contributed by atoms with Crippen molar-refractivity contribution in [1.29, 1.82) is 0 Å². The van der Waals surface area contributed by atoms with E-state index in [1.165, 1.54) is 11.1 Å². The van der Waals surface area contributed by atoms with E-state index in [1.807, 2.05) is 30.3 Å². The maximum atomic E-state index is 13.4. The fraction of sp³-hybridized carbons (Fsp3) is 0.379. The van der Waals surface area contributed by atoms with Gasteiger partial charge in [0.2, 0.25) is 0 Å². The lowest BCUT2D eigenvalue weighted by Crippen LogP contribution is -2.66. The number of H-pyrrole nitrogens is 1. The predicted molar refractivity (Wildman–Crippen MR) is 130 cm³/mol. The highest BCUT2D eigenvalue weighted by atomic mass is 16.3. The largest absolute Gasteiger partial charge is 0.508 e. The van der Waals surface area contributed by atoms with Gasteiger partial charge in [-0.1, -0.05) is 30.3 Å². The van der Waals surface area contributed by atoms with Crippen molar-refractivity contribution < 1.29 is 9.90 Å². The van der Waals surface area contributed by atoms with E-state index in [4.69, 9.17) is 0 Å². The second-order valence-electron chi connectivity index (χ2n) is 11.5. The Bertz CT molecular complexity index is 1500. The summed E-state index contributed by atoms with van der Waals surface area (Å²) in [6.07, 6.45) is 2.68. The van der Waals surface area contributed by atoms with Gasteiger partial charge in [0.15, 0.2) is 0 Å². The lowest BCUT2D eigenvalue weighted by atomic mass is 9.58. The molecule has 1 unspecified atom stereocenters. The van der Waals surface area contributed by atoms with Gasteiger partial charge in [-0.3, -0.25) is 9.59 Å². The molecule has 35 heavy (non-hydrogen) atoms. The Morgan fingerprint density at radius 3 is 2.54 bits per heavy atom. The van der Waals surface area contributed by atoms with E-state index in [-0.39, 0.29) is 27.9 Å². The molecule has 4 atom stereocenters. The summed E-state index contributed by atoms with van der Waals surface area (Å²) in [7, 11) is 2.22. The van der Waals surface area contributed by atoms with Gasteiger partial charge in [-0.05, 0) is 78.2 Å². The second kappa shape index (κ2) is 6.24. The summed E-state index contributed by atoms with van der Waals surface area (Å²) in [5, 5.41) is 10.3. The number of aromatic amines is 1. The molecule has 0 radical (unpaired) electrons. The number of phenolic OH excluding ortho intramolecular Hbond substituents is 1. The van der Waals surface area contributed by atoms with Crippen molar-refractivity contribution in [3.8, 4) is 5.75 Å². The number of pyridine rings is 1. The van der Waals surface area contributed by atoms with Crippen LogP contribution < -0.4 is 5.56 Å². The number of aromatic nitrogens is 1. The zero-order chi connectivity index (χ0) is 23.7. The minimum Gasteiger partial charge on any atom is -0.508 e. The van der Waals surface area contributed by atoms with Crippen LogP contribution in [-0.4, -0.2) is 45.4 Å². The van der Waals surface area contributed by atoms with E-state index in [9.17, 15) is 14.7 Å². The van der Waals surface area contributed by atoms with Gasteiger partial charge < -0.3 is 19.9 Å². The highest BCUT2D eigenvalue weighted by Crippen LogP contribution is 2.71. The Labute approximate surface area is 203 Å². The van der Waals surface area contributed by atoms with Crippen molar-refractivity contribution in [2.75, 3.05) is 13.6 Å². The molecule has 2 spiro atoms. The molecule has 1 aromatic heterocycles. The van der Waals surface area contributed by atoms with E-state index >= 15 is 0 Å². The molecular formula is C29H27N3O3. The van der Waals surface area contributed by atoms with Gasteiger partial charge in [0.1, 0.15) is 11.3 Å². The van der Waals surface area contributed by atoms with Crippen LogP contribution in [0.5, 0.6) is 5.75 Å². The fourth-order valence-electron chi connectivity index (χ4n) is 8.71. The highest BCUT2D eigenvalue weighted by Gasteiger charge is 2.74. The van der Waals surface area contributed by atoms with Gasteiger partial charge in [-0.15, -0.1) is 0 Å². The average Bonchev–Trinajstić information content (AvgIpc) is 3.45. The second-order valence-corrected chi connectivity index (χ2v) is 11.5. The standard InChI is InChI=1S/C29H27N3O3/c1-31-15-29-14-28(22-10-19(33)6-7-21(22)29)11-24-18(9-23(28)25(29)31)8-20(26(34)30-24)27(35)32-12-16-4-2-3-5-17(16)13-32/h2-8,10,23,25,33H,9,11-15H2,1H3,(H,30,34)/t23-,25-,28-,29?/m0/s1. The maximum absolute atomic E-state index is 13.4. The lowest BCUT2D eigenvalue weighted by molar-refractivity contribution is -0.00145. The molecule has 3 heterocycles. The van der Waals surface area contributed by atoms with Crippen LogP contribution in [-0.2, 0) is 36.8 Å². The zero-order valence-corrected chi connectivity index (χ0v) is 19.7. The topological polar surface area (TPSA) is 76.6 Å². The Morgan fingerprint density at radius 2 is 1.80 bits per heavy atom. The number of nitrogens with zero attached hydrogens (tertiary/aromatic N) is 2. The van der Waals surface area contributed by atoms with Crippen LogP contribution in [0.15, 0.2) is 53.3 Å². The lowest BCUT2D eigenvalue weighted by Gasteiger charge is -2.58. The summed E-state index contributed by atoms with van der Waals surface area (Å²) in [6.45, 7) is 2.14. The maximum Gasteiger partial charge on any atom is 0.261 e. The number of hydrogen-bond donors (Lipinski definition) is 2. The number of nitrogens with one attached hydrogen (secondary N) is 1. The smallest absolute Gasteiger partial charge is 0.261 e.